The Bertz CT molecular complexity index is 814. The van der Waals surface area contributed by atoms with E-state index in [9.17, 15) is 0 Å². The number of hydrogen-bond donors (Lipinski definition) is 1. The SMILES string of the molecule is Cc1nnc2ccc(N3CC(CNCc4ccnn4C)C3)nn12. The molecule has 23 heavy (non-hydrogen) atoms. The lowest BCUT2D eigenvalue weighted by atomic mass is 10.0. The highest BCUT2D eigenvalue weighted by molar-refractivity contribution is 5.47. The number of nitrogens with one attached hydrogen (secondary N) is 1. The summed E-state index contributed by atoms with van der Waals surface area (Å²) >= 11 is 0. The molecule has 1 saturated heterocycles. The fourth-order valence-corrected chi connectivity index (χ4v) is 2.92. The van der Waals surface area contributed by atoms with Crippen LogP contribution in [0.4, 0.5) is 5.82 Å². The number of fused-ring (bicyclic) bond motifs is 1. The van der Waals surface area contributed by atoms with Crippen molar-refractivity contribution >= 4 is 11.5 Å². The van der Waals surface area contributed by atoms with Gasteiger partial charge in [0.2, 0.25) is 0 Å². The average Bonchev–Trinajstić information content (AvgIpc) is 3.08. The summed E-state index contributed by atoms with van der Waals surface area (Å²) in [5, 5.41) is 20.4. The van der Waals surface area contributed by atoms with Crippen LogP contribution in [0, 0.1) is 12.8 Å². The zero-order valence-corrected chi connectivity index (χ0v) is 13.3. The Balaban J connectivity index is 1.30. The molecule has 1 N–H and O–H groups in total. The van der Waals surface area contributed by atoms with E-state index in [1.165, 1.54) is 5.69 Å². The number of anilines is 1. The Morgan fingerprint density at radius 3 is 2.87 bits per heavy atom. The third-order valence-corrected chi connectivity index (χ3v) is 4.35. The lowest BCUT2D eigenvalue weighted by Gasteiger charge is -2.40. The molecule has 0 atom stereocenters. The second kappa shape index (κ2) is 5.62. The minimum Gasteiger partial charge on any atom is -0.354 e. The van der Waals surface area contributed by atoms with Crippen LogP contribution in [0.25, 0.3) is 5.65 Å². The third kappa shape index (κ3) is 2.65. The molecule has 0 aliphatic carbocycles. The molecule has 3 aromatic rings. The molecule has 1 fully saturated rings. The van der Waals surface area contributed by atoms with Crippen molar-refractivity contribution in [2.75, 3.05) is 24.5 Å². The van der Waals surface area contributed by atoms with Crippen LogP contribution >= 0.6 is 0 Å². The second-order valence-electron chi connectivity index (χ2n) is 6.06. The van der Waals surface area contributed by atoms with E-state index in [4.69, 9.17) is 0 Å². The van der Waals surface area contributed by atoms with Gasteiger partial charge in [0.1, 0.15) is 5.82 Å². The van der Waals surface area contributed by atoms with E-state index >= 15 is 0 Å². The van der Waals surface area contributed by atoms with E-state index in [1.807, 2.05) is 43.0 Å². The summed E-state index contributed by atoms with van der Waals surface area (Å²) in [5.41, 5.74) is 2.00. The van der Waals surface area contributed by atoms with Crippen LogP contribution in [0.1, 0.15) is 11.5 Å². The van der Waals surface area contributed by atoms with E-state index in [1.54, 1.807) is 4.52 Å². The molecule has 4 heterocycles. The summed E-state index contributed by atoms with van der Waals surface area (Å²) in [6, 6.07) is 6.03. The Labute approximate surface area is 134 Å². The Morgan fingerprint density at radius 1 is 1.22 bits per heavy atom. The van der Waals surface area contributed by atoms with Crippen molar-refractivity contribution in [3.05, 3.63) is 35.9 Å². The first kappa shape index (κ1) is 14.1. The Hall–Kier alpha value is -2.48. The van der Waals surface area contributed by atoms with Crippen LogP contribution in [-0.2, 0) is 13.6 Å². The molecular formula is C15H20N8. The summed E-state index contributed by atoms with van der Waals surface area (Å²) in [6.45, 7) is 5.83. The molecule has 0 spiro atoms. The van der Waals surface area contributed by atoms with E-state index in [-0.39, 0.29) is 0 Å². The molecule has 0 amide bonds. The molecule has 3 aromatic heterocycles. The first-order valence-electron chi connectivity index (χ1n) is 7.82. The molecule has 0 unspecified atom stereocenters. The third-order valence-electron chi connectivity index (χ3n) is 4.35. The molecule has 0 bridgehead atoms. The average molecular weight is 312 g/mol. The van der Waals surface area contributed by atoms with Crippen LogP contribution in [0.15, 0.2) is 24.4 Å². The molecule has 8 nitrogen and oxygen atoms in total. The van der Waals surface area contributed by atoms with Gasteiger partial charge in [0.25, 0.3) is 0 Å². The molecule has 1 aliphatic heterocycles. The van der Waals surface area contributed by atoms with E-state index in [0.29, 0.717) is 5.92 Å². The zero-order chi connectivity index (χ0) is 15.8. The summed E-state index contributed by atoms with van der Waals surface area (Å²) in [7, 11) is 1.97. The van der Waals surface area contributed by atoms with Gasteiger partial charge >= 0.3 is 0 Å². The van der Waals surface area contributed by atoms with Crippen LogP contribution in [0.2, 0.25) is 0 Å². The minimum atomic E-state index is 0.655. The molecule has 8 heteroatoms. The van der Waals surface area contributed by atoms with E-state index < -0.39 is 0 Å². The molecule has 4 rings (SSSR count). The van der Waals surface area contributed by atoms with Crippen LogP contribution < -0.4 is 10.2 Å². The van der Waals surface area contributed by atoms with Crippen molar-refractivity contribution in [3.8, 4) is 0 Å². The number of aryl methyl sites for hydroxylation is 2. The van der Waals surface area contributed by atoms with Gasteiger partial charge in [-0.1, -0.05) is 0 Å². The fraction of sp³-hybridized carbons (Fsp3) is 0.467. The van der Waals surface area contributed by atoms with Crippen LogP contribution in [-0.4, -0.2) is 49.2 Å². The molecule has 0 radical (unpaired) electrons. The number of hydrogen-bond acceptors (Lipinski definition) is 6. The van der Waals surface area contributed by atoms with Gasteiger partial charge in [-0.25, -0.2) is 0 Å². The normalized spacial score (nSPS) is 15.3. The Morgan fingerprint density at radius 2 is 2.09 bits per heavy atom. The van der Waals surface area contributed by atoms with E-state index in [0.717, 1.165) is 43.5 Å². The number of aromatic nitrogens is 6. The first-order valence-corrected chi connectivity index (χ1v) is 7.82. The summed E-state index contributed by atoms with van der Waals surface area (Å²) in [6.07, 6.45) is 1.83. The maximum absolute atomic E-state index is 4.61. The van der Waals surface area contributed by atoms with Crippen molar-refractivity contribution in [1.82, 2.24) is 34.9 Å². The predicted molar refractivity (Wildman–Crippen MR) is 86.1 cm³/mol. The lowest BCUT2D eigenvalue weighted by molar-refractivity contribution is 0.379. The lowest BCUT2D eigenvalue weighted by Crippen LogP contribution is -2.51. The van der Waals surface area contributed by atoms with Crippen molar-refractivity contribution in [1.29, 1.82) is 0 Å². The predicted octanol–water partition coefficient (Wildman–Crippen LogP) is 0.392. The zero-order valence-electron chi connectivity index (χ0n) is 13.3. The number of rotatable bonds is 5. The van der Waals surface area contributed by atoms with Gasteiger partial charge in [-0.05, 0) is 25.1 Å². The molecule has 120 valence electrons. The fourth-order valence-electron chi connectivity index (χ4n) is 2.92. The molecular weight excluding hydrogens is 292 g/mol. The quantitative estimate of drug-likeness (QED) is 0.734. The monoisotopic (exact) mass is 312 g/mol. The summed E-state index contributed by atoms with van der Waals surface area (Å²) < 4.78 is 3.70. The van der Waals surface area contributed by atoms with E-state index in [2.05, 4.69) is 30.6 Å². The second-order valence-corrected chi connectivity index (χ2v) is 6.06. The first-order chi connectivity index (χ1) is 11.2. The van der Waals surface area contributed by atoms with Gasteiger partial charge < -0.3 is 10.2 Å². The highest BCUT2D eigenvalue weighted by atomic mass is 15.4. The molecule has 1 aliphatic rings. The summed E-state index contributed by atoms with van der Waals surface area (Å²) in [5.74, 6) is 2.46. The van der Waals surface area contributed by atoms with Gasteiger partial charge in [0.15, 0.2) is 11.5 Å². The maximum Gasteiger partial charge on any atom is 0.178 e. The van der Waals surface area contributed by atoms with Gasteiger partial charge in [0, 0.05) is 45.3 Å². The molecule has 0 aromatic carbocycles. The Kier molecular flexibility index (Phi) is 3.45. The topological polar surface area (TPSA) is 76.2 Å². The number of nitrogens with zero attached hydrogens (tertiary/aromatic N) is 7. The highest BCUT2D eigenvalue weighted by Gasteiger charge is 2.27. The van der Waals surface area contributed by atoms with Crippen molar-refractivity contribution in [3.63, 3.8) is 0 Å². The minimum absolute atomic E-state index is 0.655. The van der Waals surface area contributed by atoms with Crippen molar-refractivity contribution in [2.45, 2.75) is 13.5 Å². The smallest absolute Gasteiger partial charge is 0.178 e. The van der Waals surface area contributed by atoms with Crippen LogP contribution in [0.3, 0.4) is 0 Å². The van der Waals surface area contributed by atoms with Gasteiger partial charge in [0.05, 0.1) is 5.69 Å². The van der Waals surface area contributed by atoms with Gasteiger partial charge in [-0.15, -0.1) is 15.3 Å². The van der Waals surface area contributed by atoms with Crippen LogP contribution in [0.5, 0.6) is 0 Å². The highest BCUT2D eigenvalue weighted by Crippen LogP contribution is 2.22. The van der Waals surface area contributed by atoms with Crippen molar-refractivity contribution in [2.24, 2.45) is 13.0 Å². The van der Waals surface area contributed by atoms with Gasteiger partial charge in [-0.3, -0.25) is 4.68 Å². The molecule has 0 saturated carbocycles. The van der Waals surface area contributed by atoms with Crippen molar-refractivity contribution < 1.29 is 0 Å². The van der Waals surface area contributed by atoms with Gasteiger partial charge in [-0.2, -0.15) is 9.61 Å². The standard InChI is InChI=1S/C15H20N8/c1-11-18-19-14-3-4-15(20-23(11)14)22-9-12(10-22)7-16-8-13-5-6-17-21(13)2/h3-6,12,16H,7-10H2,1-2H3. The largest absolute Gasteiger partial charge is 0.354 e. The summed E-state index contributed by atoms with van der Waals surface area (Å²) in [4.78, 5) is 2.29. The maximum atomic E-state index is 4.61.